The lowest BCUT2D eigenvalue weighted by atomic mass is 9.84. The van der Waals surface area contributed by atoms with Crippen molar-refractivity contribution < 1.29 is 13.6 Å². The van der Waals surface area contributed by atoms with Gasteiger partial charge >= 0.3 is 0 Å². The Labute approximate surface area is 111 Å². The van der Waals surface area contributed by atoms with Crippen molar-refractivity contribution in [1.29, 1.82) is 0 Å². The van der Waals surface area contributed by atoms with Crippen LogP contribution in [0.2, 0.25) is 0 Å². The Morgan fingerprint density at radius 2 is 2.05 bits per heavy atom. The highest BCUT2D eigenvalue weighted by atomic mass is 19.1. The standard InChI is InChI=1S/C14H18F2N2O/c1-14(2)4-3-5-18(8-14)13(19)10-6-9(15)7-11(17)12(10)16/h6-7H,3-5,8,17H2,1-2H3. The van der Waals surface area contributed by atoms with Crippen molar-refractivity contribution in [2.24, 2.45) is 5.41 Å². The average Bonchev–Trinajstić information content (AvgIpc) is 2.31. The van der Waals surface area contributed by atoms with Crippen LogP contribution in [0.3, 0.4) is 0 Å². The first kappa shape index (κ1) is 13.8. The van der Waals surface area contributed by atoms with Crippen molar-refractivity contribution in [3.63, 3.8) is 0 Å². The lowest BCUT2D eigenvalue weighted by Crippen LogP contribution is -2.43. The van der Waals surface area contributed by atoms with Crippen molar-refractivity contribution in [1.82, 2.24) is 4.90 Å². The van der Waals surface area contributed by atoms with E-state index in [4.69, 9.17) is 5.73 Å². The van der Waals surface area contributed by atoms with Crippen LogP contribution >= 0.6 is 0 Å². The largest absolute Gasteiger partial charge is 0.396 e. The molecule has 5 heteroatoms. The van der Waals surface area contributed by atoms with Gasteiger partial charge in [-0.25, -0.2) is 8.78 Å². The van der Waals surface area contributed by atoms with E-state index in [1.54, 1.807) is 4.90 Å². The zero-order chi connectivity index (χ0) is 14.2. The third kappa shape index (κ3) is 2.85. The van der Waals surface area contributed by atoms with Crippen LogP contribution < -0.4 is 5.73 Å². The van der Waals surface area contributed by atoms with Crippen molar-refractivity contribution in [2.75, 3.05) is 18.8 Å². The first-order valence-electron chi connectivity index (χ1n) is 6.34. The maximum absolute atomic E-state index is 13.8. The molecule has 2 rings (SSSR count). The third-order valence-electron chi connectivity index (χ3n) is 3.48. The highest BCUT2D eigenvalue weighted by molar-refractivity contribution is 5.95. The van der Waals surface area contributed by atoms with Crippen LogP contribution in [0.15, 0.2) is 12.1 Å². The number of likely N-dealkylation sites (tertiary alicyclic amines) is 1. The SMILES string of the molecule is CC1(C)CCCN(C(=O)c2cc(F)cc(N)c2F)C1. The predicted octanol–water partition coefficient (Wildman–Crippen LogP) is 2.81. The van der Waals surface area contributed by atoms with Crippen molar-refractivity contribution in [3.05, 3.63) is 29.3 Å². The van der Waals surface area contributed by atoms with E-state index in [1.807, 2.05) is 0 Å². The Hall–Kier alpha value is -1.65. The molecule has 1 saturated heterocycles. The number of hydrogen-bond acceptors (Lipinski definition) is 2. The van der Waals surface area contributed by atoms with E-state index in [9.17, 15) is 13.6 Å². The molecule has 0 spiro atoms. The molecule has 19 heavy (non-hydrogen) atoms. The lowest BCUT2D eigenvalue weighted by Gasteiger charge is -2.38. The van der Waals surface area contributed by atoms with Crippen LogP contribution in [0, 0.1) is 17.0 Å². The Morgan fingerprint density at radius 3 is 2.68 bits per heavy atom. The van der Waals surface area contributed by atoms with Gasteiger partial charge < -0.3 is 10.6 Å². The molecule has 1 heterocycles. The number of nitrogens with zero attached hydrogens (tertiary/aromatic N) is 1. The van der Waals surface area contributed by atoms with E-state index in [-0.39, 0.29) is 16.7 Å². The summed E-state index contributed by atoms with van der Waals surface area (Å²) in [5, 5.41) is 0. The fourth-order valence-electron chi connectivity index (χ4n) is 2.53. The maximum atomic E-state index is 13.8. The average molecular weight is 268 g/mol. The molecule has 1 fully saturated rings. The third-order valence-corrected chi connectivity index (χ3v) is 3.48. The van der Waals surface area contributed by atoms with Gasteiger partial charge in [0.25, 0.3) is 5.91 Å². The molecule has 0 unspecified atom stereocenters. The molecular formula is C14H18F2N2O. The molecule has 0 atom stereocenters. The van der Waals surface area contributed by atoms with Gasteiger partial charge in [-0.2, -0.15) is 0 Å². The summed E-state index contributed by atoms with van der Waals surface area (Å²) in [7, 11) is 0. The number of nitrogen functional groups attached to an aromatic ring is 1. The minimum Gasteiger partial charge on any atom is -0.396 e. The van der Waals surface area contributed by atoms with Gasteiger partial charge in [0.1, 0.15) is 5.82 Å². The predicted molar refractivity (Wildman–Crippen MR) is 69.7 cm³/mol. The van der Waals surface area contributed by atoms with Crippen molar-refractivity contribution >= 4 is 11.6 Å². The van der Waals surface area contributed by atoms with Crippen LogP contribution in [-0.4, -0.2) is 23.9 Å². The summed E-state index contributed by atoms with van der Waals surface area (Å²) in [6.07, 6.45) is 1.88. The second-order valence-electron chi connectivity index (χ2n) is 5.85. The second kappa shape index (κ2) is 4.79. The van der Waals surface area contributed by atoms with Gasteiger partial charge in [0, 0.05) is 13.1 Å². The molecule has 3 nitrogen and oxygen atoms in total. The number of nitrogens with two attached hydrogens (primary N) is 1. The van der Waals surface area contributed by atoms with E-state index in [2.05, 4.69) is 13.8 Å². The first-order chi connectivity index (χ1) is 8.80. The summed E-state index contributed by atoms with van der Waals surface area (Å²) in [5.41, 5.74) is 4.74. The molecule has 0 bridgehead atoms. The van der Waals surface area contributed by atoms with Gasteiger partial charge in [0.15, 0.2) is 5.82 Å². The number of carbonyl (C=O) groups is 1. The summed E-state index contributed by atoms with van der Waals surface area (Å²) in [5.74, 6) is -2.02. The Balaban J connectivity index is 2.29. The topological polar surface area (TPSA) is 46.3 Å². The molecule has 1 aromatic carbocycles. The zero-order valence-electron chi connectivity index (χ0n) is 11.2. The molecule has 1 aliphatic heterocycles. The summed E-state index contributed by atoms with van der Waals surface area (Å²) < 4.78 is 27.1. The van der Waals surface area contributed by atoms with Crippen LogP contribution in [0.5, 0.6) is 0 Å². The van der Waals surface area contributed by atoms with Crippen molar-refractivity contribution in [2.45, 2.75) is 26.7 Å². The Morgan fingerprint density at radius 1 is 1.37 bits per heavy atom. The number of carbonyl (C=O) groups excluding carboxylic acids is 1. The van der Waals surface area contributed by atoms with Crippen LogP contribution in [0.25, 0.3) is 0 Å². The summed E-state index contributed by atoms with van der Waals surface area (Å²) >= 11 is 0. The minimum atomic E-state index is -0.838. The van der Waals surface area contributed by atoms with Gasteiger partial charge in [-0.3, -0.25) is 4.79 Å². The smallest absolute Gasteiger partial charge is 0.257 e. The highest BCUT2D eigenvalue weighted by Gasteiger charge is 2.31. The van der Waals surface area contributed by atoms with E-state index < -0.39 is 17.5 Å². The van der Waals surface area contributed by atoms with Crippen molar-refractivity contribution in [3.8, 4) is 0 Å². The van der Waals surface area contributed by atoms with E-state index in [1.165, 1.54) is 0 Å². The molecule has 0 saturated carbocycles. The monoisotopic (exact) mass is 268 g/mol. The molecule has 2 N–H and O–H groups in total. The Bertz CT molecular complexity index is 514. The quantitative estimate of drug-likeness (QED) is 0.796. The number of amides is 1. The van der Waals surface area contributed by atoms with Gasteiger partial charge in [-0.15, -0.1) is 0 Å². The highest BCUT2D eigenvalue weighted by Crippen LogP contribution is 2.30. The fourth-order valence-corrected chi connectivity index (χ4v) is 2.53. The molecule has 1 amide bonds. The fraction of sp³-hybridized carbons (Fsp3) is 0.500. The van der Waals surface area contributed by atoms with Crippen LogP contribution in [0.4, 0.5) is 14.5 Å². The molecule has 104 valence electrons. The number of benzene rings is 1. The molecule has 1 aromatic rings. The molecule has 0 aliphatic carbocycles. The summed E-state index contributed by atoms with van der Waals surface area (Å²) in [6.45, 7) is 5.23. The number of piperidine rings is 1. The van der Waals surface area contributed by atoms with Crippen LogP contribution in [0.1, 0.15) is 37.0 Å². The van der Waals surface area contributed by atoms with E-state index >= 15 is 0 Å². The second-order valence-corrected chi connectivity index (χ2v) is 5.85. The number of hydrogen-bond donors (Lipinski definition) is 1. The maximum Gasteiger partial charge on any atom is 0.257 e. The minimum absolute atomic E-state index is 0.00323. The summed E-state index contributed by atoms with van der Waals surface area (Å²) in [6, 6.07) is 1.79. The number of rotatable bonds is 1. The van der Waals surface area contributed by atoms with Gasteiger partial charge in [-0.05, 0) is 30.4 Å². The first-order valence-corrected chi connectivity index (χ1v) is 6.34. The lowest BCUT2D eigenvalue weighted by molar-refractivity contribution is 0.0578. The van der Waals surface area contributed by atoms with Gasteiger partial charge in [0.05, 0.1) is 11.3 Å². The molecular weight excluding hydrogens is 250 g/mol. The van der Waals surface area contributed by atoms with Crippen LogP contribution in [-0.2, 0) is 0 Å². The van der Waals surface area contributed by atoms with Gasteiger partial charge in [-0.1, -0.05) is 13.8 Å². The molecule has 0 aromatic heterocycles. The zero-order valence-corrected chi connectivity index (χ0v) is 11.2. The van der Waals surface area contributed by atoms with E-state index in [0.29, 0.717) is 13.1 Å². The Kier molecular flexibility index (Phi) is 3.47. The normalized spacial score (nSPS) is 18.4. The van der Waals surface area contributed by atoms with E-state index in [0.717, 1.165) is 25.0 Å². The number of halogens is 2. The number of anilines is 1. The van der Waals surface area contributed by atoms with Gasteiger partial charge in [0.2, 0.25) is 0 Å². The molecule has 0 radical (unpaired) electrons. The molecule has 1 aliphatic rings. The summed E-state index contributed by atoms with van der Waals surface area (Å²) in [4.78, 5) is 13.8.